The number of allylic oxidation sites excluding steroid dienone is 3. The topological polar surface area (TPSA) is 33.0 Å². The van der Waals surface area contributed by atoms with Crippen LogP contribution in [-0.2, 0) is 4.74 Å². The normalized spacial score (nSPS) is 14.4. The molecule has 2 heteroatoms. The third-order valence-corrected chi connectivity index (χ3v) is 2.96. The Labute approximate surface area is 86.9 Å². The van der Waals surface area contributed by atoms with E-state index >= 15 is 0 Å². The molecular weight excluding hydrogens is 174 g/mol. The van der Waals surface area contributed by atoms with Gasteiger partial charge in [0.2, 0.25) is 0 Å². The zero-order valence-corrected chi connectivity index (χ0v) is 9.50. The Morgan fingerprint density at radius 3 is 2.57 bits per heavy atom. The summed E-state index contributed by atoms with van der Waals surface area (Å²) in [6.07, 6.45) is 6.16. The van der Waals surface area contributed by atoms with Gasteiger partial charge in [-0.05, 0) is 11.5 Å². The smallest absolute Gasteiger partial charge is 0.291 e. The molecule has 0 fully saturated rings. The van der Waals surface area contributed by atoms with E-state index < -0.39 is 0 Å². The Kier molecular flexibility index (Phi) is 5.01. The summed E-state index contributed by atoms with van der Waals surface area (Å²) in [4.78, 5) is 0. The summed E-state index contributed by atoms with van der Waals surface area (Å²) in [5, 5.41) is 8.50. The van der Waals surface area contributed by atoms with Gasteiger partial charge in [0.25, 0.3) is 6.26 Å². The Bertz CT molecular complexity index is 258. The van der Waals surface area contributed by atoms with Gasteiger partial charge in [-0.15, -0.1) is 5.26 Å². The van der Waals surface area contributed by atoms with Crippen LogP contribution in [0.3, 0.4) is 0 Å². The van der Waals surface area contributed by atoms with Crippen molar-refractivity contribution in [2.45, 2.75) is 34.1 Å². The Morgan fingerprint density at radius 2 is 2.21 bits per heavy atom. The molecule has 78 valence electrons. The molecule has 2 nitrogen and oxygen atoms in total. The van der Waals surface area contributed by atoms with Gasteiger partial charge in [0, 0.05) is 5.92 Å². The lowest BCUT2D eigenvalue weighted by Gasteiger charge is -2.30. The van der Waals surface area contributed by atoms with Crippen LogP contribution in [0.2, 0.25) is 0 Å². The summed E-state index contributed by atoms with van der Waals surface area (Å²) in [7, 11) is 0. The average Bonchev–Trinajstić information content (AvgIpc) is 2.16. The molecule has 0 aliphatic carbocycles. The van der Waals surface area contributed by atoms with E-state index in [4.69, 9.17) is 10.00 Å². The molecule has 0 aliphatic rings. The maximum Gasteiger partial charge on any atom is 0.291 e. The quantitative estimate of drug-likeness (QED) is 0.379. The first-order chi connectivity index (χ1) is 6.49. The molecule has 1 atom stereocenters. The summed E-state index contributed by atoms with van der Waals surface area (Å²) < 4.78 is 4.93. The van der Waals surface area contributed by atoms with E-state index in [1.807, 2.05) is 0 Å². The number of nitrogens with zero attached hydrogens (tertiary/aromatic N) is 1. The Morgan fingerprint density at radius 1 is 1.64 bits per heavy atom. The second-order valence-corrected chi connectivity index (χ2v) is 4.06. The monoisotopic (exact) mass is 193 g/mol. The highest BCUT2D eigenvalue weighted by molar-refractivity contribution is 5.10. The molecule has 0 saturated heterocycles. The van der Waals surface area contributed by atoms with Crippen LogP contribution in [0.5, 0.6) is 0 Å². The van der Waals surface area contributed by atoms with E-state index in [9.17, 15) is 0 Å². The first-order valence-corrected chi connectivity index (χ1v) is 4.88. The van der Waals surface area contributed by atoms with E-state index in [1.165, 1.54) is 0 Å². The average molecular weight is 193 g/mol. The van der Waals surface area contributed by atoms with Crippen molar-refractivity contribution in [1.82, 2.24) is 0 Å². The molecule has 0 amide bonds. The van der Waals surface area contributed by atoms with Gasteiger partial charge in [0.15, 0.2) is 0 Å². The summed E-state index contributed by atoms with van der Waals surface area (Å²) >= 11 is 0. The van der Waals surface area contributed by atoms with Gasteiger partial charge < -0.3 is 4.74 Å². The largest absolute Gasteiger partial charge is 0.392 e. The summed E-state index contributed by atoms with van der Waals surface area (Å²) in [6.45, 7) is 12.1. The molecule has 0 aliphatic heterocycles. The summed E-state index contributed by atoms with van der Waals surface area (Å²) in [5.74, 6) is 0.902. The molecule has 0 aromatic heterocycles. The minimum atomic E-state index is 0.131. The maximum atomic E-state index is 8.50. The van der Waals surface area contributed by atoms with Crippen molar-refractivity contribution in [3.05, 3.63) is 24.5 Å². The van der Waals surface area contributed by atoms with Gasteiger partial charge in [0.05, 0.1) is 0 Å². The van der Waals surface area contributed by atoms with Crippen molar-refractivity contribution < 1.29 is 4.74 Å². The van der Waals surface area contributed by atoms with Crippen molar-refractivity contribution in [2.75, 3.05) is 0 Å². The molecular formula is C12H19NO. The molecule has 0 bridgehead atoms. The highest BCUT2D eigenvalue weighted by Crippen LogP contribution is 2.35. The molecule has 0 N–H and O–H groups in total. The number of hydrogen-bond acceptors (Lipinski definition) is 2. The van der Waals surface area contributed by atoms with Crippen molar-refractivity contribution in [1.29, 1.82) is 5.26 Å². The first kappa shape index (κ1) is 12.8. The van der Waals surface area contributed by atoms with Crippen LogP contribution in [0.4, 0.5) is 0 Å². The van der Waals surface area contributed by atoms with Gasteiger partial charge in [-0.1, -0.05) is 46.8 Å². The van der Waals surface area contributed by atoms with Crippen LogP contribution in [0.25, 0.3) is 0 Å². The molecule has 1 unspecified atom stereocenters. The van der Waals surface area contributed by atoms with Crippen LogP contribution < -0.4 is 0 Å². The Hall–Kier alpha value is -1.23. The minimum Gasteiger partial charge on any atom is -0.392 e. The molecule has 0 aromatic rings. The van der Waals surface area contributed by atoms with Gasteiger partial charge in [-0.25, -0.2) is 0 Å². The van der Waals surface area contributed by atoms with Crippen LogP contribution in [0.15, 0.2) is 24.5 Å². The molecule has 14 heavy (non-hydrogen) atoms. The Balaban J connectivity index is 4.78. The zero-order chi connectivity index (χ0) is 11.2. The van der Waals surface area contributed by atoms with E-state index in [2.05, 4.69) is 34.3 Å². The predicted molar refractivity (Wildman–Crippen MR) is 58.2 cm³/mol. The SMILES string of the molecule is C=C/C=C(/OC#N)C(C)C(C)(C)CC. The second kappa shape index (κ2) is 5.49. The fourth-order valence-corrected chi connectivity index (χ4v) is 1.13. The summed E-state index contributed by atoms with van der Waals surface area (Å²) in [5.41, 5.74) is 0.131. The molecule has 0 heterocycles. The minimum absolute atomic E-state index is 0.131. The standard InChI is InChI=1S/C12H19NO/c1-6-8-11(14-9-13)10(3)12(4,5)7-2/h6,8,10H,1,7H2,2-5H3/b11-8+. The maximum absolute atomic E-state index is 8.50. The second-order valence-electron chi connectivity index (χ2n) is 4.06. The van der Waals surface area contributed by atoms with Crippen LogP contribution in [0, 0.1) is 22.9 Å². The number of ether oxygens (including phenoxy) is 1. The van der Waals surface area contributed by atoms with Gasteiger partial charge >= 0.3 is 0 Å². The lowest BCUT2D eigenvalue weighted by molar-refractivity contribution is 0.185. The van der Waals surface area contributed by atoms with Gasteiger partial charge in [-0.2, -0.15) is 0 Å². The highest BCUT2D eigenvalue weighted by atomic mass is 16.5. The molecule has 0 rings (SSSR count). The van der Waals surface area contributed by atoms with E-state index in [0.29, 0.717) is 5.76 Å². The van der Waals surface area contributed by atoms with Crippen molar-refractivity contribution >= 4 is 0 Å². The number of rotatable bonds is 5. The van der Waals surface area contributed by atoms with Gasteiger partial charge in [0.1, 0.15) is 5.76 Å². The summed E-state index contributed by atoms with van der Waals surface area (Å²) in [6, 6.07) is 0. The van der Waals surface area contributed by atoms with Crippen LogP contribution in [-0.4, -0.2) is 0 Å². The zero-order valence-electron chi connectivity index (χ0n) is 9.50. The molecule has 0 radical (unpaired) electrons. The van der Waals surface area contributed by atoms with Crippen molar-refractivity contribution in [3.8, 4) is 6.26 Å². The molecule has 0 saturated carbocycles. The van der Waals surface area contributed by atoms with Crippen LogP contribution >= 0.6 is 0 Å². The lowest BCUT2D eigenvalue weighted by atomic mass is 9.76. The van der Waals surface area contributed by atoms with Crippen molar-refractivity contribution in [3.63, 3.8) is 0 Å². The fourth-order valence-electron chi connectivity index (χ4n) is 1.13. The van der Waals surface area contributed by atoms with E-state index in [1.54, 1.807) is 18.4 Å². The molecule has 0 spiro atoms. The van der Waals surface area contributed by atoms with E-state index in [0.717, 1.165) is 6.42 Å². The molecule has 0 aromatic carbocycles. The number of nitriles is 1. The highest BCUT2D eigenvalue weighted by Gasteiger charge is 2.27. The van der Waals surface area contributed by atoms with E-state index in [-0.39, 0.29) is 11.3 Å². The lowest BCUT2D eigenvalue weighted by Crippen LogP contribution is -2.23. The third kappa shape index (κ3) is 3.26. The number of hydrogen-bond donors (Lipinski definition) is 0. The third-order valence-electron chi connectivity index (χ3n) is 2.96. The van der Waals surface area contributed by atoms with Gasteiger partial charge in [-0.3, -0.25) is 0 Å². The van der Waals surface area contributed by atoms with Crippen LogP contribution in [0.1, 0.15) is 34.1 Å². The fraction of sp³-hybridized carbons (Fsp3) is 0.583. The predicted octanol–water partition coefficient (Wildman–Crippen LogP) is 3.63. The first-order valence-electron chi connectivity index (χ1n) is 4.88. The van der Waals surface area contributed by atoms with Crippen molar-refractivity contribution in [2.24, 2.45) is 11.3 Å².